The molecule has 3 nitrogen and oxygen atoms in total. The van der Waals surface area contributed by atoms with E-state index in [0.717, 1.165) is 30.3 Å². The smallest absolute Gasteiger partial charge is 0.0917 e. The zero-order chi connectivity index (χ0) is 15.5. The summed E-state index contributed by atoms with van der Waals surface area (Å²) >= 11 is 0. The lowest BCUT2D eigenvalue weighted by Crippen LogP contribution is -2.30. The zero-order valence-corrected chi connectivity index (χ0v) is 13.7. The maximum absolute atomic E-state index is 10.4. The molecule has 0 amide bonds. The van der Waals surface area contributed by atoms with Crippen LogP contribution in [0, 0.1) is 11.3 Å². The summed E-state index contributed by atoms with van der Waals surface area (Å²) < 4.78 is 0. The highest BCUT2D eigenvalue weighted by Gasteiger charge is 2.27. The van der Waals surface area contributed by atoms with E-state index in [4.69, 9.17) is 5.73 Å². The topological polar surface area (TPSA) is 49.5 Å². The summed E-state index contributed by atoms with van der Waals surface area (Å²) in [6.07, 6.45) is 3.31. The lowest BCUT2D eigenvalue weighted by Gasteiger charge is -2.30. The van der Waals surface area contributed by atoms with E-state index < -0.39 is 6.10 Å². The first-order valence-corrected chi connectivity index (χ1v) is 8.12. The number of hydrogen-bond donors (Lipinski definition) is 2. The maximum atomic E-state index is 10.4. The van der Waals surface area contributed by atoms with E-state index >= 15 is 0 Å². The van der Waals surface area contributed by atoms with Crippen LogP contribution in [-0.2, 0) is 0 Å². The van der Waals surface area contributed by atoms with Crippen LogP contribution in [0.15, 0.2) is 24.3 Å². The van der Waals surface area contributed by atoms with E-state index in [1.165, 1.54) is 19.3 Å². The minimum atomic E-state index is -0.445. The largest absolute Gasteiger partial charge is 0.399 e. The first-order chi connectivity index (χ1) is 9.86. The predicted molar refractivity (Wildman–Crippen MR) is 89.1 cm³/mol. The Balaban J connectivity index is 1.91. The van der Waals surface area contributed by atoms with Gasteiger partial charge in [-0.25, -0.2) is 0 Å². The fourth-order valence-electron chi connectivity index (χ4n) is 3.32. The number of aliphatic hydroxyl groups is 1. The fourth-order valence-corrected chi connectivity index (χ4v) is 3.32. The van der Waals surface area contributed by atoms with Gasteiger partial charge in [-0.05, 0) is 61.4 Å². The van der Waals surface area contributed by atoms with Crippen LogP contribution >= 0.6 is 0 Å². The number of nitrogens with two attached hydrogens (primary N) is 1. The zero-order valence-electron chi connectivity index (χ0n) is 13.7. The van der Waals surface area contributed by atoms with Gasteiger partial charge < -0.3 is 15.7 Å². The lowest BCUT2D eigenvalue weighted by atomic mass is 9.77. The third kappa shape index (κ3) is 4.72. The van der Waals surface area contributed by atoms with Gasteiger partial charge in [-0.15, -0.1) is 0 Å². The van der Waals surface area contributed by atoms with E-state index in [9.17, 15) is 5.11 Å². The van der Waals surface area contributed by atoms with Crippen LogP contribution in [0.5, 0.6) is 0 Å². The molecule has 1 aliphatic rings. The first kappa shape index (κ1) is 16.3. The molecule has 2 rings (SSSR count). The number of anilines is 1. The molecule has 2 atom stereocenters. The Bertz CT molecular complexity index is 453. The van der Waals surface area contributed by atoms with Crippen molar-refractivity contribution in [1.82, 2.24) is 4.90 Å². The number of likely N-dealkylation sites (tertiary alicyclic amines) is 1. The molecule has 118 valence electrons. The molecule has 1 heterocycles. The standard InChI is InChI=1S/C18H30N2O/c1-18(2,3)15-7-5-10-20(11-9-15)13-17(21)14-6-4-8-16(19)12-14/h4,6,8,12,15,17,21H,5,7,9-11,13,19H2,1-3H3. The van der Waals surface area contributed by atoms with E-state index in [-0.39, 0.29) is 0 Å². The Morgan fingerprint density at radius 1 is 1.29 bits per heavy atom. The van der Waals surface area contributed by atoms with Crippen LogP contribution in [0.1, 0.15) is 51.7 Å². The molecule has 0 radical (unpaired) electrons. The quantitative estimate of drug-likeness (QED) is 0.838. The summed E-state index contributed by atoms with van der Waals surface area (Å²) in [4.78, 5) is 2.40. The third-order valence-electron chi connectivity index (χ3n) is 4.77. The summed E-state index contributed by atoms with van der Waals surface area (Å²) in [7, 11) is 0. The Morgan fingerprint density at radius 2 is 2.05 bits per heavy atom. The van der Waals surface area contributed by atoms with Crippen molar-refractivity contribution in [3.05, 3.63) is 29.8 Å². The number of rotatable bonds is 3. The van der Waals surface area contributed by atoms with Gasteiger partial charge in [-0.1, -0.05) is 32.9 Å². The average Bonchev–Trinajstić information content (AvgIpc) is 2.64. The van der Waals surface area contributed by atoms with Gasteiger partial charge in [0.2, 0.25) is 0 Å². The van der Waals surface area contributed by atoms with Crippen LogP contribution in [-0.4, -0.2) is 29.6 Å². The van der Waals surface area contributed by atoms with Crippen molar-refractivity contribution < 1.29 is 5.11 Å². The van der Waals surface area contributed by atoms with Gasteiger partial charge in [0.1, 0.15) is 0 Å². The van der Waals surface area contributed by atoms with Crippen molar-refractivity contribution in [2.45, 2.75) is 46.1 Å². The number of aliphatic hydroxyl groups excluding tert-OH is 1. The Labute approximate surface area is 129 Å². The Kier molecular flexibility index (Phi) is 5.28. The molecule has 1 saturated heterocycles. The molecule has 3 heteroatoms. The average molecular weight is 290 g/mol. The highest BCUT2D eigenvalue weighted by Crippen LogP contribution is 2.34. The molecule has 0 aliphatic carbocycles. The molecular weight excluding hydrogens is 260 g/mol. The van der Waals surface area contributed by atoms with Gasteiger partial charge in [-0.3, -0.25) is 0 Å². The van der Waals surface area contributed by atoms with Gasteiger partial charge in [0.05, 0.1) is 6.10 Å². The molecule has 0 saturated carbocycles. The van der Waals surface area contributed by atoms with Crippen LogP contribution in [0.25, 0.3) is 0 Å². The van der Waals surface area contributed by atoms with Crippen LogP contribution in [0.4, 0.5) is 5.69 Å². The number of nitrogens with zero attached hydrogens (tertiary/aromatic N) is 1. The van der Waals surface area contributed by atoms with Gasteiger partial charge in [-0.2, -0.15) is 0 Å². The second-order valence-electron chi connectivity index (χ2n) is 7.48. The van der Waals surface area contributed by atoms with Crippen molar-refractivity contribution in [1.29, 1.82) is 0 Å². The summed E-state index contributed by atoms with van der Waals surface area (Å²) in [5, 5.41) is 10.4. The van der Waals surface area contributed by atoms with E-state index in [2.05, 4.69) is 25.7 Å². The highest BCUT2D eigenvalue weighted by atomic mass is 16.3. The van der Waals surface area contributed by atoms with Gasteiger partial charge in [0.25, 0.3) is 0 Å². The number of benzene rings is 1. The molecular formula is C18H30N2O. The van der Waals surface area contributed by atoms with Crippen molar-refractivity contribution in [2.75, 3.05) is 25.4 Å². The SMILES string of the molecule is CC(C)(C)C1CCCN(CC(O)c2cccc(N)c2)CC1. The van der Waals surface area contributed by atoms with Gasteiger partial charge >= 0.3 is 0 Å². The van der Waals surface area contributed by atoms with Gasteiger partial charge in [0.15, 0.2) is 0 Å². The minimum absolute atomic E-state index is 0.391. The van der Waals surface area contributed by atoms with E-state index in [1.807, 2.05) is 24.3 Å². The second-order valence-corrected chi connectivity index (χ2v) is 7.48. The Morgan fingerprint density at radius 3 is 2.71 bits per heavy atom. The summed E-state index contributed by atoms with van der Waals surface area (Å²) in [5.74, 6) is 0.784. The highest BCUT2D eigenvalue weighted by molar-refractivity contribution is 5.41. The van der Waals surface area contributed by atoms with Crippen molar-refractivity contribution in [3.63, 3.8) is 0 Å². The maximum Gasteiger partial charge on any atom is 0.0917 e. The van der Waals surface area contributed by atoms with E-state index in [1.54, 1.807) is 0 Å². The van der Waals surface area contributed by atoms with Crippen molar-refractivity contribution >= 4 is 5.69 Å². The van der Waals surface area contributed by atoms with Crippen molar-refractivity contribution in [2.24, 2.45) is 11.3 Å². The predicted octanol–water partition coefficient (Wildman–Crippen LogP) is 3.45. The molecule has 0 spiro atoms. The third-order valence-corrected chi connectivity index (χ3v) is 4.77. The van der Waals surface area contributed by atoms with Crippen LogP contribution in [0.2, 0.25) is 0 Å². The van der Waals surface area contributed by atoms with E-state index in [0.29, 0.717) is 12.0 Å². The summed E-state index contributed by atoms with van der Waals surface area (Å²) in [5.41, 5.74) is 7.83. The minimum Gasteiger partial charge on any atom is -0.399 e. The summed E-state index contributed by atoms with van der Waals surface area (Å²) in [6.45, 7) is 9.91. The van der Waals surface area contributed by atoms with Gasteiger partial charge in [0, 0.05) is 12.2 Å². The van der Waals surface area contributed by atoms with Crippen LogP contribution < -0.4 is 5.73 Å². The fraction of sp³-hybridized carbons (Fsp3) is 0.667. The molecule has 1 aromatic rings. The lowest BCUT2D eigenvalue weighted by molar-refractivity contribution is 0.112. The monoisotopic (exact) mass is 290 g/mol. The normalized spacial score (nSPS) is 22.8. The second kappa shape index (κ2) is 6.80. The van der Waals surface area contributed by atoms with Crippen molar-refractivity contribution in [3.8, 4) is 0 Å². The van der Waals surface area contributed by atoms with Crippen LogP contribution in [0.3, 0.4) is 0 Å². The molecule has 0 bridgehead atoms. The molecule has 21 heavy (non-hydrogen) atoms. The molecule has 1 aliphatic heterocycles. The molecule has 3 N–H and O–H groups in total. The Hall–Kier alpha value is -1.06. The molecule has 1 aromatic carbocycles. The molecule has 1 fully saturated rings. The molecule has 0 aromatic heterocycles. The number of hydrogen-bond acceptors (Lipinski definition) is 3. The number of β-amino-alcohol motifs (C(OH)–C–C–N with tert-alkyl or cyclic N) is 1. The molecule has 2 unspecified atom stereocenters. The number of nitrogen functional groups attached to an aromatic ring is 1. The summed E-state index contributed by atoms with van der Waals surface area (Å²) in [6, 6.07) is 7.60. The first-order valence-electron chi connectivity index (χ1n) is 8.12.